The summed E-state index contributed by atoms with van der Waals surface area (Å²) in [4.78, 5) is 2.69. The first kappa shape index (κ1) is 16.8. The Morgan fingerprint density at radius 3 is 2.91 bits per heavy atom. The second-order valence-electron chi connectivity index (χ2n) is 8.30. The van der Waals surface area contributed by atoms with Crippen LogP contribution in [0.1, 0.15) is 69.4 Å². The van der Waals surface area contributed by atoms with E-state index in [1.165, 1.54) is 70.1 Å². The largest absolute Gasteiger partial charge is 0.496 e. The normalized spacial score (nSPS) is 24.2. The summed E-state index contributed by atoms with van der Waals surface area (Å²) in [5.41, 5.74) is 3.56. The second kappa shape index (κ2) is 7.25. The van der Waals surface area contributed by atoms with E-state index in [1.807, 2.05) is 0 Å². The fourth-order valence-corrected chi connectivity index (χ4v) is 4.70. The van der Waals surface area contributed by atoms with Crippen LogP contribution < -0.4 is 4.74 Å². The fraction of sp³-hybridized carbons (Fsp3) is 0.714. The van der Waals surface area contributed by atoms with Crippen molar-refractivity contribution in [2.45, 2.75) is 64.7 Å². The predicted octanol–water partition coefficient (Wildman–Crippen LogP) is 5.02. The molecule has 0 saturated carbocycles. The van der Waals surface area contributed by atoms with Gasteiger partial charge in [0.15, 0.2) is 0 Å². The van der Waals surface area contributed by atoms with E-state index in [1.54, 1.807) is 12.7 Å². The maximum absolute atomic E-state index is 5.58. The number of methoxy groups -OCH3 is 1. The van der Waals surface area contributed by atoms with Gasteiger partial charge in [0.1, 0.15) is 5.75 Å². The van der Waals surface area contributed by atoms with Crippen molar-refractivity contribution in [2.24, 2.45) is 5.41 Å². The molecule has 1 fully saturated rings. The number of nitrogens with zero attached hydrogens (tertiary/aromatic N) is 1. The third-order valence-electron chi connectivity index (χ3n) is 5.81. The van der Waals surface area contributed by atoms with Crippen molar-refractivity contribution in [1.29, 1.82) is 0 Å². The van der Waals surface area contributed by atoms with Crippen LogP contribution in [0.15, 0.2) is 18.2 Å². The zero-order valence-electron chi connectivity index (χ0n) is 15.2. The van der Waals surface area contributed by atoms with E-state index in [2.05, 4.69) is 36.9 Å². The summed E-state index contributed by atoms with van der Waals surface area (Å²) in [6, 6.07) is 6.63. The molecule has 1 aromatic rings. The average Bonchev–Trinajstić information content (AvgIpc) is 2.53. The Labute approximate surface area is 142 Å². The van der Waals surface area contributed by atoms with E-state index in [0.717, 1.165) is 11.7 Å². The van der Waals surface area contributed by atoms with Crippen LogP contribution in [0.5, 0.6) is 5.75 Å². The number of hydrogen-bond donors (Lipinski definition) is 0. The number of hydrogen-bond acceptors (Lipinski definition) is 2. The monoisotopic (exact) mass is 315 g/mol. The second-order valence-corrected chi connectivity index (χ2v) is 8.30. The molecule has 2 heteroatoms. The molecule has 0 amide bonds. The molecule has 23 heavy (non-hydrogen) atoms. The molecule has 2 aliphatic rings. The minimum Gasteiger partial charge on any atom is -0.496 e. The average molecular weight is 316 g/mol. The lowest BCUT2D eigenvalue weighted by Gasteiger charge is -2.38. The van der Waals surface area contributed by atoms with Crippen molar-refractivity contribution >= 4 is 0 Å². The summed E-state index contributed by atoms with van der Waals surface area (Å²) in [5, 5.41) is 0. The van der Waals surface area contributed by atoms with Gasteiger partial charge in [0.25, 0.3) is 0 Å². The van der Waals surface area contributed by atoms with Crippen LogP contribution in [0.25, 0.3) is 0 Å². The summed E-state index contributed by atoms with van der Waals surface area (Å²) in [5.74, 6) is 1.84. The van der Waals surface area contributed by atoms with Crippen LogP contribution in [-0.2, 0) is 6.42 Å². The topological polar surface area (TPSA) is 12.5 Å². The molecule has 1 aromatic carbocycles. The molecule has 1 aliphatic heterocycles. The first-order valence-corrected chi connectivity index (χ1v) is 9.47. The molecule has 0 N–H and O–H groups in total. The van der Waals surface area contributed by atoms with E-state index in [-0.39, 0.29) is 0 Å². The molecule has 1 atom stereocenters. The number of rotatable bonds is 5. The lowest BCUT2D eigenvalue weighted by molar-refractivity contribution is 0.115. The third kappa shape index (κ3) is 4.09. The smallest absolute Gasteiger partial charge is 0.122 e. The highest BCUT2D eigenvalue weighted by molar-refractivity contribution is 5.43. The lowest BCUT2D eigenvalue weighted by atomic mass is 9.80. The van der Waals surface area contributed by atoms with E-state index < -0.39 is 0 Å². The predicted molar refractivity (Wildman–Crippen MR) is 97.4 cm³/mol. The third-order valence-corrected chi connectivity index (χ3v) is 5.81. The number of likely N-dealkylation sites (tertiary alicyclic amines) is 1. The van der Waals surface area contributed by atoms with E-state index in [0.29, 0.717) is 5.41 Å². The van der Waals surface area contributed by atoms with Gasteiger partial charge >= 0.3 is 0 Å². The van der Waals surface area contributed by atoms with Crippen molar-refractivity contribution in [3.05, 3.63) is 29.3 Å². The molecule has 3 rings (SSSR count). The minimum absolute atomic E-state index is 0.517. The minimum atomic E-state index is 0.517. The highest BCUT2D eigenvalue weighted by atomic mass is 16.5. The van der Waals surface area contributed by atoms with E-state index in [4.69, 9.17) is 4.74 Å². The van der Waals surface area contributed by atoms with Crippen molar-refractivity contribution in [3.63, 3.8) is 0 Å². The Morgan fingerprint density at radius 2 is 2.13 bits per heavy atom. The molecule has 1 heterocycles. The van der Waals surface area contributed by atoms with Gasteiger partial charge < -0.3 is 9.64 Å². The first-order chi connectivity index (χ1) is 11.1. The first-order valence-electron chi connectivity index (χ1n) is 9.47. The van der Waals surface area contributed by atoms with Gasteiger partial charge in [-0.2, -0.15) is 0 Å². The molecular weight excluding hydrogens is 282 g/mol. The number of benzene rings is 1. The number of fused-ring (bicyclic) bond motifs is 1. The molecule has 2 nitrogen and oxygen atoms in total. The van der Waals surface area contributed by atoms with E-state index >= 15 is 0 Å². The van der Waals surface area contributed by atoms with Crippen molar-refractivity contribution in [3.8, 4) is 5.75 Å². The van der Waals surface area contributed by atoms with Crippen LogP contribution in [0.4, 0.5) is 0 Å². The van der Waals surface area contributed by atoms with Crippen LogP contribution in [0.2, 0.25) is 0 Å². The highest BCUT2D eigenvalue weighted by Crippen LogP contribution is 2.39. The Hall–Kier alpha value is -1.02. The molecule has 128 valence electrons. The van der Waals surface area contributed by atoms with Crippen molar-refractivity contribution in [2.75, 3.05) is 26.7 Å². The zero-order chi connectivity index (χ0) is 16.3. The van der Waals surface area contributed by atoms with Crippen molar-refractivity contribution in [1.82, 2.24) is 4.90 Å². The Balaban J connectivity index is 1.56. The van der Waals surface area contributed by atoms with Gasteiger partial charge in [0, 0.05) is 6.54 Å². The molecular formula is C21H33NO. The summed E-state index contributed by atoms with van der Waals surface area (Å²) in [6.45, 7) is 8.70. The van der Waals surface area contributed by atoms with Gasteiger partial charge in [-0.25, -0.2) is 0 Å². The van der Waals surface area contributed by atoms with Crippen LogP contribution in [-0.4, -0.2) is 31.6 Å². The molecule has 0 spiro atoms. The van der Waals surface area contributed by atoms with Gasteiger partial charge in [-0.1, -0.05) is 26.0 Å². The molecule has 0 radical (unpaired) electrons. The Kier molecular flexibility index (Phi) is 5.31. The molecule has 1 aliphatic carbocycles. The summed E-state index contributed by atoms with van der Waals surface area (Å²) in [6.07, 6.45) is 9.28. The Bertz CT molecular complexity index is 523. The van der Waals surface area contributed by atoms with Gasteiger partial charge in [-0.05, 0) is 86.6 Å². The highest BCUT2D eigenvalue weighted by Gasteiger charge is 2.27. The van der Waals surface area contributed by atoms with Gasteiger partial charge in [0.05, 0.1) is 7.11 Å². The van der Waals surface area contributed by atoms with Gasteiger partial charge in [-0.15, -0.1) is 0 Å². The van der Waals surface area contributed by atoms with Gasteiger partial charge in [0.2, 0.25) is 0 Å². The number of ether oxygens (including phenoxy) is 1. The van der Waals surface area contributed by atoms with Crippen LogP contribution in [0.3, 0.4) is 0 Å². The maximum atomic E-state index is 5.58. The van der Waals surface area contributed by atoms with E-state index in [9.17, 15) is 0 Å². The fourth-order valence-electron chi connectivity index (χ4n) is 4.70. The lowest BCUT2D eigenvalue weighted by Crippen LogP contribution is -2.40. The molecule has 0 bridgehead atoms. The molecule has 0 unspecified atom stereocenters. The van der Waals surface area contributed by atoms with Crippen LogP contribution >= 0.6 is 0 Å². The molecule has 0 aromatic heterocycles. The summed E-state index contributed by atoms with van der Waals surface area (Å²) >= 11 is 0. The quantitative estimate of drug-likeness (QED) is 0.756. The Morgan fingerprint density at radius 1 is 1.26 bits per heavy atom. The maximum Gasteiger partial charge on any atom is 0.122 e. The van der Waals surface area contributed by atoms with Crippen molar-refractivity contribution < 1.29 is 4.74 Å². The SMILES string of the molecule is COc1cccc2c1CCC[C@H]2CCCN1CCCC(C)(C)C1. The zero-order valence-corrected chi connectivity index (χ0v) is 15.2. The molecule has 1 saturated heterocycles. The number of piperidine rings is 1. The van der Waals surface area contributed by atoms with Crippen LogP contribution in [0, 0.1) is 5.41 Å². The standard InChI is InChI=1S/C21H33NO/c1-21(2)13-7-15-22(16-21)14-6-9-17-8-4-11-19-18(17)10-5-12-20(19)23-3/h5,10,12,17H,4,6-9,11,13-16H2,1-3H3/t17-/m0/s1. The van der Waals surface area contributed by atoms with Gasteiger partial charge in [-0.3, -0.25) is 0 Å². The summed E-state index contributed by atoms with van der Waals surface area (Å²) in [7, 11) is 1.80. The summed E-state index contributed by atoms with van der Waals surface area (Å²) < 4.78 is 5.58.